The van der Waals surface area contributed by atoms with Gasteiger partial charge in [0.1, 0.15) is 0 Å². The molecule has 1 atom stereocenters. The standard InChI is InChI=1S/C14H19N3S/c1-14(2,3)11-6-4-10(5-7-11)8-12(15)13-9-16-18-17-13/h4-7,9,12H,8,15H2,1-3H3. The van der Waals surface area contributed by atoms with Crippen molar-refractivity contribution in [2.75, 3.05) is 0 Å². The average Bonchev–Trinajstić information content (AvgIpc) is 2.82. The van der Waals surface area contributed by atoms with Gasteiger partial charge in [-0.1, -0.05) is 45.0 Å². The molecule has 0 bridgehead atoms. The lowest BCUT2D eigenvalue weighted by Crippen LogP contribution is -2.14. The minimum Gasteiger partial charge on any atom is -0.322 e. The summed E-state index contributed by atoms with van der Waals surface area (Å²) in [5, 5.41) is 0. The van der Waals surface area contributed by atoms with E-state index in [0.29, 0.717) is 0 Å². The van der Waals surface area contributed by atoms with Gasteiger partial charge in [-0.05, 0) is 23.0 Å². The first kappa shape index (κ1) is 13.2. The molecule has 0 spiro atoms. The van der Waals surface area contributed by atoms with Crippen LogP contribution in [0, 0.1) is 0 Å². The third-order valence-electron chi connectivity index (χ3n) is 3.03. The molecule has 0 saturated carbocycles. The van der Waals surface area contributed by atoms with Crippen LogP contribution in [0.15, 0.2) is 30.5 Å². The molecule has 0 amide bonds. The van der Waals surface area contributed by atoms with Gasteiger partial charge in [0.05, 0.1) is 29.7 Å². The molecule has 18 heavy (non-hydrogen) atoms. The smallest absolute Gasteiger partial charge is 0.0913 e. The third kappa shape index (κ3) is 3.15. The number of hydrogen-bond acceptors (Lipinski definition) is 4. The van der Waals surface area contributed by atoms with Crippen LogP contribution in [0.25, 0.3) is 0 Å². The Labute approximate surface area is 112 Å². The molecule has 2 rings (SSSR count). The number of rotatable bonds is 3. The van der Waals surface area contributed by atoms with E-state index in [1.165, 1.54) is 22.9 Å². The van der Waals surface area contributed by atoms with Gasteiger partial charge in [-0.15, -0.1) is 0 Å². The van der Waals surface area contributed by atoms with Crippen molar-refractivity contribution in [1.82, 2.24) is 8.75 Å². The third-order valence-corrected chi connectivity index (χ3v) is 3.53. The topological polar surface area (TPSA) is 51.8 Å². The zero-order valence-electron chi connectivity index (χ0n) is 11.1. The maximum Gasteiger partial charge on any atom is 0.0913 e. The van der Waals surface area contributed by atoms with Crippen molar-refractivity contribution < 1.29 is 0 Å². The van der Waals surface area contributed by atoms with Gasteiger partial charge in [0, 0.05) is 0 Å². The Morgan fingerprint density at radius 2 is 1.89 bits per heavy atom. The van der Waals surface area contributed by atoms with Crippen molar-refractivity contribution in [3.8, 4) is 0 Å². The molecule has 0 aliphatic heterocycles. The summed E-state index contributed by atoms with van der Waals surface area (Å²) in [6.07, 6.45) is 2.55. The SMILES string of the molecule is CC(C)(C)c1ccc(CC(N)c2cnsn2)cc1. The molecular weight excluding hydrogens is 242 g/mol. The van der Waals surface area contributed by atoms with E-state index in [0.717, 1.165) is 12.1 Å². The summed E-state index contributed by atoms with van der Waals surface area (Å²) in [6, 6.07) is 8.60. The Morgan fingerprint density at radius 1 is 1.22 bits per heavy atom. The lowest BCUT2D eigenvalue weighted by Gasteiger charge is -2.19. The van der Waals surface area contributed by atoms with Gasteiger partial charge in [-0.25, -0.2) is 0 Å². The van der Waals surface area contributed by atoms with Crippen molar-refractivity contribution in [2.45, 2.75) is 38.6 Å². The fourth-order valence-electron chi connectivity index (χ4n) is 1.83. The van der Waals surface area contributed by atoms with Crippen LogP contribution in [-0.2, 0) is 11.8 Å². The Balaban J connectivity index is 2.07. The van der Waals surface area contributed by atoms with Crippen LogP contribution < -0.4 is 5.73 Å². The second kappa shape index (κ2) is 5.16. The summed E-state index contributed by atoms with van der Waals surface area (Å²) in [7, 11) is 0. The molecule has 2 N–H and O–H groups in total. The number of hydrogen-bond donors (Lipinski definition) is 1. The van der Waals surface area contributed by atoms with Crippen LogP contribution in [0.4, 0.5) is 0 Å². The number of benzene rings is 1. The van der Waals surface area contributed by atoms with Gasteiger partial charge in [-0.3, -0.25) is 0 Å². The molecule has 1 aromatic heterocycles. The van der Waals surface area contributed by atoms with E-state index in [1.54, 1.807) is 6.20 Å². The van der Waals surface area contributed by atoms with E-state index in [-0.39, 0.29) is 11.5 Å². The van der Waals surface area contributed by atoms with Crippen molar-refractivity contribution in [2.24, 2.45) is 5.73 Å². The minimum absolute atomic E-state index is 0.0655. The highest BCUT2D eigenvalue weighted by Gasteiger charge is 2.14. The van der Waals surface area contributed by atoms with Crippen LogP contribution in [0.5, 0.6) is 0 Å². The lowest BCUT2D eigenvalue weighted by molar-refractivity contribution is 0.589. The van der Waals surface area contributed by atoms with Gasteiger partial charge >= 0.3 is 0 Å². The first-order valence-corrected chi connectivity index (χ1v) is 6.82. The van der Waals surface area contributed by atoms with E-state index >= 15 is 0 Å². The van der Waals surface area contributed by atoms with E-state index in [2.05, 4.69) is 53.8 Å². The highest BCUT2D eigenvalue weighted by Crippen LogP contribution is 2.23. The molecular formula is C14H19N3S. The highest BCUT2D eigenvalue weighted by atomic mass is 32.1. The molecule has 0 aliphatic rings. The molecule has 1 heterocycles. The number of aromatic nitrogens is 2. The summed E-state index contributed by atoms with van der Waals surface area (Å²) < 4.78 is 8.16. The zero-order chi connectivity index (χ0) is 13.2. The van der Waals surface area contributed by atoms with Crippen LogP contribution in [0.2, 0.25) is 0 Å². The zero-order valence-corrected chi connectivity index (χ0v) is 11.9. The van der Waals surface area contributed by atoms with E-state index in [9.17, 15) is 0 Å². The Morgan fingerprint density at radius 3 is 2.39 bits per heavy atom. The number of nitrogens with zero attached hydrogens (tertiary/aromatic N) is 2. The van der Waals surface area contributed by atoms with Crippen LogP contribution in [-0.4, -0.2) is 8.75 Å². The monoisotopic (exact) mass is 261 g/mol. The highest BCUT2D eigenvalue weighted by molar-refractivity contribution is 6.99. The molecule has 0 aliphatic carbocycles. The fraction of sp³-hybridized carbons (Fsp3) is 0.429. The molecule has 3 nitrogen and oxygen atoms in total. The Kier molecular flexibility index (Phi) is 3.78. The van der Waals surface area contributed by atoms with Gasteiger partial charge in [0.2, 0.25) is 0 Å². The molecule has 0 radical (unpaired) electrons. The van der Waals surface area contributed by atoms with Crippen LogP contribution >= 0.6 is 11.7 Å². The average molecular weight is 261 g/mol. The molecule has 2 aromatic rings. The Bertz CT molecular complexity index is 483. The maximum absolute atomic E-state index is 6.10. The second-order valence-corrected chi connectivity index (χ2v) is 6.15. The summed E-state index contributed by atoms with van der Waals surface area (Å²) in [5.74, 6) is 0. The second-order valence-electron chi connectivity index (χ2n) is 5.59. The maximum atomic E-state index is 6.10. The molecule has 1 aromatic carbocycles. The van der Waals surface area contributed by atoms with Gasteiger partial charge < -0.3 is 5.73 Å². The molecule has 96 valence electrons. The quantitative estimate of drug-likeness (QED) is 0.923. The first-order valence-electron chi connectivity index (χ1n) is 6.09. The molecule has 1 unspecified atom stereocenters. The first-order chi connectivity index (χ1) is 8.47. The van der Waals surface area contributed by atoms with Crippen molar-refractivity contribution in [3.05, 3.63) is 47.3 Å². The van der Waals surface area contributed by atoms with Crippen molar-refractivity contribution >= 4 is 11.7 Å². The molecule has 0 saturated heterocycles. The van der Waals surface area contributed by atoms with E-state index < -0.39 is 0 Å². The summed E-state index contributed by atoms with van der Waals surface area (Å²) >= 11 is 1.20. The molecule has 0 fully saturated rings. The van der Waals surface area contributed by atoms with Crippen LogP contribution in [0.1, 0.15) is 43.6 Å². The van der Waals surface area contributed by atoms with Gasteiger partial charge in [0.15, 0.2) is 0 Å². The lowest BCUT2D eigenvalue weighted by atomic mass is 9.86. The van der Waals surface area contributed by atoms with Gasteiger partial charge in [0.25, 0.3) is 0 Å². The van der Waals surface area contributed by atoms with Crippen molar-refractivity contribution in [3.63, 3.8) is 0 Å². The minimum atomic E-state index is -0.0655. The van der Waals surface area contributed by atoms with Gasteiger partial charge in [-0.2, -0.15) is 8.75 Å². The molecule has 4 heteroatoms. The normalized spacial score (nSPS) is 13.6. The summed E-state index contributed by atoms with van der Waals surface area (Å²) in [5.41, 5.74) is 9.75. The summed E-state index contributed by atoms with van der Waals surface area (Å²) in [4.78, 5) is 0. The number of nitrogens with two attached hydrogens (primary N) is 1. The largest absolute Gasteiger partial charge is 0.322 e. The Hall–Kier alpha value is -1.26. The van der Waals surface area contributed by atoms with Crippen molar-refractivity contribution in [1.29, 1.82) is 0 Å². The van der Waals surface area contributed by atoms with E-state index in [1.807, 2.05) is 0 Å². The summed E-state index contributed by atoms with van der Waals surface area (Å²) in [6.45, 7) is 6.65. The predicted octanol–water partition coefficient (Wildman–Crippen LogP) is 3.08. The fourth-order valence-corrected chi connectivity index (χ4v) is 2.31. The van der Waals surface area contributed by atoms with Crippen LogP contribution in [0.3, 0.4) is 0 Å². The predicted molar refractivity (Wildman–Crippen MR) is 75.7 cm³/mol. The van der Waals surface area contributed by atoms with E-state index in [4.69, 9.17) is 5.73 Å².